The van der Waals surface area contributed by atoms with Crippen LogP contribution in [-0.4, -0.2) is 24.9 Å². The Morgan fingerprint density at radius 1 is 1.67 bits per heavy atom. The highest BCUT2D eigenvalue weighted by atomic mass is 32.1. The molecule has 0 unspecified atom stereocenters. The van der Waals surface area contributed by atoms with Gasteiger partial charge in [0.05, 0.1) is 0 Å². The van der Waals surface area contributed by atoms with Crippen LogP contribution in [0.25, 0.3) is 0 Å². The molecule has 0 bridgehead atoms. The zero-order chi connectivity index (χ0) is 9.14. The Bertz CT molecular complexity index is 256. The largest absolute Gasteiger partial charge is 0.347 e. The van der Waals surface area contributed by atoms with E-state index in [0.717, 1.165) is 5.56 Å². The van der Waals surface area contributed by atoms with Gasteiger partial charge in [-0.2, -0.15) is 11.3 Å². The first kappa shape index (κ1) is 9.22. The van der Waals surface area contributed by atoms with Gasteiger partial charge in [0.15, 0.2) is 0 Å². The monoisotopic (exact) mass is 184 g/mol. The van der Waals surface area contributed by atoms with Gasteiger partial charge in [-0.3, -0.25) is 4.79 Å². The molecule has 0 radical (unpaired) electrons. The maximum atomic E-state index is 11.3. The van der Waals surface area contributed by atoms with E-state index in [1.807, 2.05) is 16.8 Å². The summed E-state index contributed by atoms with van der Waals surface area (Å²) in [5, 5.41) is 3.81. The van der Waals surface area contributed by atoms with Crippen LogP contribution in [0.4, 0.5) is 0 Å². The minimum absolute atomic E-state index is 0.0617. The third kappa shape index (κ3) is 1.84. The molecule has 0 aliphatic carbocycles. The predicted molar refractivity (Wildman–Crippen MR) is 49.9 cm³/mol. The Morgan fingerprint density at radius 3 is 2.75 bits per heavy atom. The smallest absolute Gasteiger partial charge is 0.243 e. The Hall–Kier alpha value is -0.870. The van der Waals surface area contributed by atoms with E-state index in [1.54, 1.807) is 25.4 Å². The van der Waals surface area contributed by atoms with Crippen molar-refractivity contribution in [2.24, 2.45) is 5.73 Å². The van der Waals surface area contributed by atoms with Crippen LogP contribution in [0.3, 0.4) is 0 Å². The van der Waals surface area contributed by atoms with E-state index >= 15 is 0 Å². The first-order valence-corrected chi connectivity index (χ1v) is 4.56. The molecule has 1 atom stereocenters. The molecular weight excluding hydrogens is 172 g/mol. The van der Waals surface area contributed by atoms with Crippen molar-refractivity contribution in [2.75, 3.05) is 14.1 Å². The molecule has 0 aliphatic heterocycles. The van der Waals surface area contributed by atoms with Crippen LogP contribution in [0.15, 0.2) is 16.8 Å². The molecule has 12 heavy (non-hydrogen) atoms. The second kappa shape index (κ2) is 3.69. The molecule has 1 aromatic heterocycles. The molecule has 0 saturated carbocycles. The number of amides is 1. The number of thiophene rings is 1. The van der Waals surface area contributed by atoms with Crippen LogP contribution >= 0.6 is 11.3 Å². The molecule has 1 rings (SSSR count). The number of carbonyl (C=O) groups excluding carboxylic acids is 1. The zero-order valence-corrected chi connectivity index (χ0v) is 7.97. The molecule has 0 saturated heterocycles. The number of nitrogens with two attached hydrogens (primary N) is 1. The lowest BCUT2D eigenvalue weighted by Gasteiger charge is -2.15. The van der Waals surface area contributed by atoms with E-state index in [4.69, 9.17) is 5.73 Å². The number of hydrogen-bond donors (Lipinski definition) is 1. The minimum atomic E-state index is -0.508. The summed E-state index contributed by atoms with van der Waals surface area (Å²) in [6, 6.07) is 1.36. The summed E-state index contributed by atoms with van der Waals surface area (Å²) in [6.07, 6.45) is 0. The lowest BCUT2D eigenvalue weighted by molar-refractivity contribution is -0.130. The molecule has 0 spiro atoms. The zero-order valence-electron chi connectivity index (χ0n) is 7.15. The molecule has 4 heteroatoms. The first-order valence-electron chi connectivity index (χ1n) is 3.61. The highest BCUT2D eigenvalue weighted by Crippen LogP contribution is 2.15. The third-order valence-corrected chi connectivity index (χ3v) is 2.31. The predicted octanol–water partition coefficient (Wildman–Crippen LogP) is 0.836. The van der Waals surface area contributed by atoms with E-state index < -0.39 is 6.04 Å². The van der Waals surface area contributed by atoms with Gasteiger partial charge in [-0.25, -0.2) is 0 Å². The molecule has 1 amide bonds. The van der Waals surface area contributed by atoms with E-state index in [0.29, 0.717) is 0 Å². The van der Waals surface area contributed by atoms with Gasteiger partial charge in [-0.05, 0) is 22.4 Å². The average Bonchev–Trinajstić information content (AvgIpc) is 2.53. The summed E-state index contributed by atoms with van der Waals surface area (Å²) in [5.41, 5.74) is 6.59. The Kier molecular flexibility index (Phi) is 2.83. The molecule has 1 heterocycles. The van der Waals surface area contributed by atoms with Crippen molar-refractivity contribution in [2.45, 2.75) is 6.04 Å². The van der Waals surface area contributed by atoms with Crippen LogP contribution in [0.5, 0.6) is 0 Å². The van der Waals surface area contributed by atoms with E-state index in [-0.39, 0.29) is 5.91 Å². The average molecular weight is 184 g/mol. The third-order valence-electron chi connectivity index (χ3n) is 1.61. The van der Waals surface area contributed by atoms with Gasteiger partial charge in [0.2, 0.25) is 5.91 Å². The molecule has 1 aromatic rings. The van der Waals surface area contributed by atoms with E-state index in [2.05, 4.69) is 0 Å². The van der Waals surface area contributed by atoms with E-state index in [9.17, 15) is 4.79 Å². The second-order valence-corrected chi connectivity index (χ2v) is 3.55. The first-order chi connectivity index (χ1) is 5.63. The minimum Gasteiger partial charge on any atom is -0.347 e. The summed E-state index contributed by atoms with van der Waals surface area (Å²) < 4.78 is 0. The van der Waals surface area contributed by atoms with Gasteiger partial charge < -0.3 is 10.6 Å². The number of hydrogen-bond acceptors (Lipinski definition) is 3. The maximum absolute atomic E-state index is 11.3. The highest BCUT2D eigenvalue weighted by Gasteiger charge is 2.17. The highest BCUT2D eigenvalue weighted by molar-refractivity contribution is 7.08. The van der Waals surface area contributed by atoms with Crippen molar-refractivity contribution in [1.82, 2.24) is 4.90 Å². The number of carbonyl (C=O) groups is 1. The van der Waals surface area contributed by atoms with Crippen LogP contribution in [0, 0.1) is 0 Å². The van der Waals surface area contributed by atoms with Crippen molar-refractivity contribution in [3.05, 3.63) is 22.4 Å². The standard InChI is InChI=1S/C8H12N2OS/c1-10(2)8(11)7(9)6-3-4-12-5-6/h3-5,7H,9H2,1-2H3/t7-/m1/s1. The fourth-order valence-corrected chi connectivity index (χ4v) is 1.57. The summed E-state index contributed by atoms with van der Waals surface area (Å²) in [7, 11) is 3.41. The fraction of sp³-hybridized carbons (Fsp3) is 0.375. The normalized spacial score (nSPS) is 12.6. The van der Waals surface area contributed by atoms with Gasteiger partial charge in [0.1, 0.15) is 6.04 Å². The lowest BCUT2D eigenvalue weighted by Crippen LogP contribution is -2.32. The molecular formula is C8H12N2OS. The van der Waals surface area contributed by atoms with Crippen LogP contribution in [0.2, 0.25) is 0 Å². The van der Waals surface area contributed by atoms with Crippen molar-refractivity contribution >= 4 is 17.2 Å². The molecule has 66 valence electrons. The fourth-order valence-electron chi connectivity index (χ4n) is 0.873. The number of likely N-dealkylation sites (N-methyl/N-ethyl adjacent to an activating group) is 1. The topological polar surface area (TPSA) is 46.3 Å². The Balaban J connectivity index is 2.72. The molecule has 0 aliphatic rings. The molecule has 2 N–H and O–H groups in total. The molecule has 0 aromatic carbocycles. The van der Waals surface area contributed by atoms with Crippen molar-refractivity contribution in [1.29, 1.82) is 0 Å². The summed E-state index contributed by atoms with van der Waals surface area (Å²) in [4.78, 5) is 12.8. The van der Waals surface area contributed by atoms with Crippen LogP contribution in [-0.2, 0) is 4.79 Å². The number of rotatable bonds is 2. The van der Waals surface area contributed by atoms with Gasteiger partial charge in [0, 0.05) is 14.1 Å². The summed E-state index contributed by atoms with van der Waals surface area (Å²) in [6.45, 7) is 0. The molecule has 3 nitrogen and oxygen atoms in total. The van der Waals surface area contributed by atoms with Gasteiger partial charge in [-0.1, -0.05) is 0 Å². The van der Waals surface area contributed by atoms with Crippen LogP contribution < -0.4 is 5.73 Å². The van der Waals surface area contributed by atoms with Gasteiger partial charge in [0.25, 0.3) is 0 Å². The quantitative estimate of drug-likeness (QED) is 0.740. The summed E-state index contributed by atoms with van der Waals surface area (Å²) >= 11 is 1.55. The van der Waals surface area contributed by atoms with Crippen molar-refractivity contribution in [3.8, 4) is 0 Å². The Morgan fingerprint density at radius 2 is 2.33 bits per heavy atom. The lowest BCUT2D eigenvalue weighted by atomic mass is 10.1. The second-order valence-electron chi connectivity index (χ2n) is 2.77. The van der Waals surface area contributed by atoms with Crippen molar-refractivity contribution in [3.63, 3.8) is 0 Å². The number of nitrogens with zero attached hydrogens (tertiary/aromatic N) is 1. The SMILES string of the molecule is CN(C)C(=O)[C@H](N)c1ccsc1. The van der Waals surface area contributed by atoms with Gasteiger partial charge >= 0.3 is 0 Å². The van der Waals surface area contributed by atoms with Gasteiger partial charge in [-0.15, -0.1) is 0 Å². The van der Waals surface area contributed by atoms with Crippen molar-refractivity contribution < 1.29 is 4.79 Å². The Labute approximate surface area is 75.8 Å². The molecule has 0 fully saturated rings. The van der Waals surface area contributed by atoms with Crippen LogP contribution in [0.1, 0.15) is 11.6 Å². The summed E-state index contributed by atoms with van der Waals surface area (Å²) in [5.74, 6) is -0.0617. The van der Waals surface area contributed by atoms with E-state index in [1.165, 1.54) is 4.90 Å². The maximum Gasteiger partial charge on any atom is 0.243 e.